The third-order valence-electron chi connectivity index (χ3n) is 4.30. The van der Waals surface area contributed by atoms with Gasteiger partial charge in [-0.25, -0.2) is 4.79 Å². The molecule has 2 aromatic rings. The number of ether oxygens (including phenoxy) is 3. The zero-order chi connectivity index (χ0) is 19.2. The Balaban J connectivity index is 1.80. The van der Waals surface area contributed by atoms with E-state index in [9.17, 15) is 9.59 Å². The van der Waals surface area contributed by atoms with E-state index in [1.807, 2.05) is 38.1 Å². The molecule has 1 N–H and O–H groups in total. The normalized spacial score (nSPS) is 17.8. The van der Waals surface area contributed by atoms with Crippen molar-refractivity contribution in [3.8, 4) is 0 Å². The van der Waals surface area contributed by atoms with Gasteiger partial charge < -0.3 is 19.5 Å². The number of rotatable bonds is 5. The van der Waals surface area contributed by atoms with E-state index in [-0.39, 0.29) is 6.61 Å². The van der Waals surface area contributed by atoms with Crippen molar-refractivity contribution in [1.82, 2.24) is 0 Å². The highest BCUT2D eigenvalue weighted by atomic mass is 16.6. The molecule has 0 saturated carbocycles. The molecule has 1 saturated heterocycles. The Morgan fingerprint density at radius 3 is 2.59 bits per heavy atom. The molecule has 0 radical (unpaired) electrons. The Labute approximate surface area is 158 Å². The van der Waals surface area contributed by atoms with Crippen molar-refractivity contribution < 1.29 is 23.8 Å². The molecule has 0 aromatic heterocycles. The van der Waals surface area contributed by atoms with Gasteiger partial charge in [-0.2, -0.15) is 0 Å². The summed E-state index contributed by atoms with van der Waals surface area (Å²) in [6.07, 6.45) is -1.90. The molecule has 1 amide bonds. The minimum Gasteiger partial charge on any atom is -0.445 e. The molecule has 1 aliphatic rings. The number of hydrogen-bond donors (Lipinski definition) is 1. The van der Waals surface area contributed by atoms with Crippen molar-refractivity contribution in [2.75, 3.05) is 25.1 Å². The van der Waals surface area contributed by atoms with Gasteiger partial charge in [-0.15, -0.1) is 0 Å². The molecular weight excluding hydrogens is 346 g/mol. The fourth-order valence-corrected chi connectivity index (χ4v) is 2.79. The van der Waals surface area contributed by atoms with Crippen LogP contribution in [0.3, 0.4) is 0 Å². The van der Waals surface area contributed by atoms with Gasteiger partial charge in [-0.3, -0.25) is 4.79 Å². The van der Waals surface area contributed by atoms with Crippen LogP contribution in [0.2, 0.25) is 0 Å². The average Bonchev–Trinajstić information content (AvgIpc) is 2.70. The monoisotopic (exact) mass is 369 g/mol. The zero-order valence-electron chi connectivity index (χ0n) is 15.4. The number of anilines is 1. The van der Waals surface area contributed by atoms with Crippen LogP contribution >= 0.6 is 0 Å². The fourth-order valence-electron chi connectivity index (χ4n) is 2.79. The third kappa shape index (κ3) is 4.93. The molecule has 1 heterocycles. The average molecular weight is 369 g/mol. The molecule has 27 heavy (non-hydrogen) atoms. The van der Waals surface area contributed by atoms with E-state index in [0.717, 1.165) is 11.1 Å². The maximum atomic E-state index is 12.9. The van der Waals surface area contributed by atoms with Gasteiger partial charge in [0.15, 0.2) is 6.10 Å². The lowest BCUT2D eigenvalue weighted by Crippen LogP contribution is -2.38. The van der Waals surface area contributed by atoms with Gasteiger partial charge in [0.25, 0.3) is 5.91 Å². The Kier molecular flexibility index (Phi) is 6.21. The summed E-state index contributed by atoms with van der Waals surface area (Å²) in [5, 5.41) is 2.87. The van der Waals surface area contributed by atoms with Crippen molar-refractivity contribution in [2.45, 2.75) is 26.1 Å². The van der Waals surface area contributed by atoms with Crippen LogP contribution in [-0.2, 0) is 23.8 Å². The number of carbonyl (C=O) groups excluding carboxylic acids is 2. The Morgan fingerprint density at radius 2 is 1.89 bits per heavy atom. The predicted molar refractivity (Wildman–Crippen MR) is 100 cm³/mol. The van der Waals surface area contributed by atoms with Crippen LogP contribution in [-0.4, -0.2) is 37.8 Å². The number of aryl methyl sites for hydroxylation is 2. The molecule has 1 fully saturated rings. The minimum atomic E-state index is -1.08. The first-order valence-electron chi connectivity index (χ1n) is 8.87. The summed E-state index contributed by atoms with van der Waals surface area (Å²) in [5.74, 6) is -1.03. The van der Waals surface area contributed by atoms with Crippen LogP contribution in [0.15, 0.2) is 48.5 Å². The molecule has 0 bridgehead atoms. The van der Waals surface area contributed by atoms with Crippen molar-refractivity contribution >= 4 is 17.6 Å². The smallest absolute Gasteiger partial charge is 0.338 e. The number of carbonyl (C=O) groups is 2. The summed E-state index contributed by atoms with van der Waals surface area (Å²) in [6.45, 7) is 4.75. The molecular formula is C21H23NO5. The van der Waals surface area contributed by atoms with Crippen molar-refractivity contribution in [3.05, 3.63) is 65.2 Å². The topological polar surface area (TPSA) is 73.9 Å². The highest BCUT2D eigenvalue weighted by molar-refractivity contribution is 5.97. The van der Waals surface area contributed by atoms with E-state index in [1.165, 1.54) is 0 Å². The second-order valence-corrected chi connectivity index (χ2v) is 6.47. The largest absolute Gasteiger partial charge is 0.445 e. The molecule has 0 spiro atoms. The SMILES string of the molecule is Cc1ccc(C)c(NC(=O)[C@@H](OC(=O)[C@H]2COCCO2)c2ccccc2)c1. The first kappa shape index (κ1) is 19.1. The van der Waals surface area contributed by atoms with E-state index in [0.29, 0.717) is 24.5 Å². The summed E-state index contributed by atoms with van der Waals surface area (Å²) in [5.41, 5.74) is 3.23. The molecule has 142 valence electrons. The lowest BCUT2D eigenvalue weighted by atomic mass is 10.1. The standard InChI is InChI=1S/C21H23NO5/c1-14-8-9-15(2)17(12-14)22-20(23)19(16-6-4-3-5-7-16)27-21(24)18-13-25-10-11-26-18/h3-9,12,18-19H,10-11,13H2,1-2H3,(H,22,23)/t18-,19+/m1/s1. The van der Waals surface area contributed by atoms with Crippen LogP contribution < -0.4 is 5.32 Å². The maximum Gasteiger partial charge on any atom is 0.338 e. The second kappa shape index (κ2) is 8.79. The summed E-state index contributed by atoms with van der Waals surface area (Å²) in [7, 11) is 0. The van der Waals surface area contributed by atoms with E-state index in [1.54, 1.807) is 24.3 Å². The Hall–Kier alpha value is -2.70. The number of esters is 1. The third-order valence-corrected chi connectivity index (χ3v) is 4.30. The van der Waals surface area contributed by atoms with Crippen molar-refractivity contribution in [2.24, 2.45) is 0 Å². The van der Waals surface area contributed by atoms with Gasteiger partial charge in [0, 0.05) is 11.3 Å². The Bertz CT molecular complexity index is 799. The predicted octanol–water partition coefficient (Wildman–Crippen LogP) is 2.94. The fraction of sp³-hybridized carbons (Fsp3) is 0.333. The maximum absolute atomic E-state index is 12.9. The molecule has 3 rings (SSSR count). The number of hydrogen-bond acceptors (Lipinski definition) is 5. The van der Waals surface area contributed by atoms with Gasteiger partial charge in [-0.1, -0.05) is 42.5 Å². The molecule has 6 nitrogen and oxygen atoms in total. The Morgan fingerprint density at radius 1 is 1.11 bits per heavy atom. The van der Waals surface area contributed by atoms with Crippen LogP contribution in [0.4, 0.5) is 5.69 Å². The highest BCUT2D eigenvalue weighted by Crippen LogP contribution is 2.23. The quantitative estimate of drug-likeness (QED) is 0.821. The summed E-state index contributed by atoms with van der Waals surface area (Å²) in [4.78, 5) is 25.4. The molecule has 2 aromatic carbocycles. The zero-order valence-corrected chi connectivity index (χ0v) is 15.4. The van der Waals surface area contributed by atoms with Gasteiger partial charge in [-0.05, 0) is 31.0 Å². The van der Waals surface area contributed by atoms with Crippen LogP contribution in [0.25, 0.3) is 0 Å². The molecule has 0 aliphatic carbocycles. The number of benzene rings is 2. The van der Waals surface area contributed by atoms with E-state index < -0.39 is 24.1 Å². The molecule has 2 atom stereocenters. The number of nitrogens with one attached hydrogen (secondary N) is 1. The molecule has 6 heteroatoms. The van der Waals surface area contributed by atoms with Gasteiger partial charge in [0.05, 0.1) is 19.8 Å². The minimum absolute atomic E-state index is 0.124. The van der Waals surface area contributed by atoms with E-state index in [2.05, 4.69) is 5.32 Å². The number of amides is 1. The van der Waals surface area contributed by atoms with Crippen molar-refractivity contribution in [3.63, 3.8) is 0 Å². The first-order chi connectivity index (χ1) is 13.0. The van der Waals surface area contributed by atoms with Crippen LogP contribution in [0, 0.1) is 13.8 Å². The lowest BCUT2D eigenvalue weighted by Gasteiger charge is -2.24. The van der Waals surface area contributed by atoms with Crippen LogP contribution in [0.1, 0.15) is 22.8 Å². The first-order valence-corrected chi connectivity index (χ1v) is 8.87. The summed E-state index contributed by atoms with van der Waals surface area (Å²) < 4.78 is 16.2. The highest BCUT2D eigenvalue weighted by Gasteiger charge is 2.31. The molecule has 0 unspecified atom stereocenters. The van der Waals surface area contributed by atoms with E-state index >= 15 is 0 Å². The van der Waals surface area contributed by atoms with Gasteiger partial charge >= 0.3 is 5.97 Å². The van der Waals surface area contributed by atoms with E-state index in [4.69, 9.17) is 14.2 Å². The van der Waals surface area contributed by atoms with Crippen molar-refractivity contribution in [1.29, 1.82) is 0 Å². The second-order valence-electron chi connectivity index (χ2n) is 6.47. The molecule has 1 aliphatic heterocycles. The summed E-state index contributed by atoms with van der Waals surface area (Å²) in [6, 6.07) is 14.7. The van der Waals surface area contributed by atoms with Gasteiger partial charge in [0.2, 0.25) is 6.10 Å². The van der Waals surface area contributed by atoms with Crippen LogP contribution in [0.5, 0.6) is 0 Å². The van der Waals surface area contributed by atoms with Gasteiger partial charge in [0.1, 0.15) is 0 Å². The lowest BCUT2D eigenvalue weighted by molar-refractivity contribution is -0.177. The summed E-state index contributed by atoms with van der Waals surface area (Å²) >= 11 is 0.